The first-order valence-electron chi connectivity index (χ1n) is 2.83. The summed E-state index contributed by atoms with van der Waals surface area (Å²) in [7, 11) is -0.434. The smallest absolute Gasteiger partial charge is 0.185 e. The van der Waals surface area contributed by atoms with Crippen LogP contribution in [-0.2, 0) is 0 Å². The zero-order valence-electron chi connectivity index (χ0n) is 6.35. The van der Waals surface area contributed by atoms with Crippen molar-refractivity contribution >= 4 is 7.92 Å². The van der Waals surface area contributed by atoms with E-state index in [0.29, 0.717) is 6.16 Å². The maximum absolute atomic E-state index is 8.30. The molecule has 0 aliphatic rings. The number of nitrogens with zero attached hydrogens (tertiary/aromatic N) is 1. The highest BCUT2D eigenvalue weighted by Gasteiger charge is 2.05. The summed E-state index contributed by atoms with van der Waals surface area (Å²) in [5, 5.41) is 31.4. The lowest BCUT2D eigenvalue weighted by Gasteiger charge is -1.98. The van der Waals surface area contributed by atoms with E-state index in [1.165, 1.54) is 0 Å². The van der Waals surface area contributed by atoms with Gasteiger partial charge in [-0.1, -0.05) is 0 Å². The standard InChI is InChI=1S/C4H11O2P.NO3/c1-7(2)3-4(5)6;2-1(3)4/h4-6H,3H2,1-2H3;/q;-1/p+1. The molecule has 11 heavy (non-hydrogen) atoms. The van der Waals surface area contributed by atoms with Crippen LogP contribution >= 0.6 is 7.92 Å². The van der Waals surface area contributed by atoms with Crippen molar-refractivity contribution in [1.29, 1.82) is 0 Å². The molecule has 0 atom stereocenters. The number of aliphatic hydroxyl groups excluding tert-OH is 1. The average Bonchev–Trinajstić information content (AvgIpc) is 1.56. The van der Waals surface area contributed by atoms with E-state index in [2.05, 4.69) is 0 Å². The molecule has 0 aromatic heterocycles. The first kappa shape index (κ1) is 13.2. The van der Waals surface area contributed by atoms with Crippen LogP contribution in [0.1, 0.15) is 0 Å². The third-order valence-corrected chi connectivity index (χ3v) is 1.77. The van der Waals surface area contributed by atoms with Crippen molar-refractivity contribution in [3.8, 4) is 0 Å². The topological polar surface area (TPSA) is 107 Å². The molecule has 0 saturated carbocycles. The molecule has 0 fully saturated rings. The molecule has 0 aliphatic carbocycles. The lowest BCUT2D eigenvalue weighted by Crippen LogP contribution is -2.07. The second-order valence-electron chi connectivity index (χ2n) is 2.12. The monoisotopic (exact) mass is 185 g/mol. The van der Waals surface area contributed by atoms with Gasteiger partial charge in [0.25, 0.3) is 0 Å². The lowest BCUT2D eigenvalue weighted by molar-refractivity contribution is -0.402. The molecule has 0 aliphatic heterocycles. The Labute approximate surface area is 65.3 Å². The quantitative estimate of drug-likeness (QED) is 0.262. The van der Waals surface area contributed by atoms with Crippen molar-refractivity contribution in [2.24, 2.45) is 0 Å². The third-order valence-electron chi connectivity index (χ3n) is 0.591. The van der Waals surface area contributed by atoms with Crippen LogP contribution in [0.5, 0.6) is 0 Å². The van der Waals surface area contributed by atoms with Crippen molar-refractivity contribution in [1.82, 2.24) is 0 Å². The first-order chi connectivity index (χ1) is 4.86. The zero-order valence-corrected chi connectivity index (χ0v) is 7.35. The van der Waals surface area contributed by atoms with Crippen LogP contribution in [0.4, 0.5) is 0 Å². The molecule has 68 valence electrons. The minimum Gasteiger partial charge on any atom is -0.365 e. The van der Waals surface area contributed by atoms with E-state index in [0.717, 1.165) is 0 Å². The summed E-state index contributed by atoms with van der Waals surface area (Å²) in [5.41, 5.74) is 0. The van der Waals surface area contributed by atoms with Crippen LogP contribution in [0, 0.1) is 15.3 Å². The molecule has 6 nitrogen and oxygen atoms in total. The molecule has 0 aromatic rings. The normalized spacial score (nSPS) is 9.27. The number of hydrogen-bond acceptors (Lipinski definition) is 5. The van der Waals surface area contributed by atoms with Gasteiger partial charge in [-0.15, -0.1) is 0 Å². The Hall–Kier alpha value is -0.450. The molecular weight excluding hydrogens is 173 g/mol. The lowest BCUT2D eigenvalue weighted by atomic mass is 10.8. The first-order valence-corrected chi connectivity index (χ1v) is 5.53. The summed E-state index contributed by atoms with van der Waals surface area (Å²) in [4.78, 5) is 8.25. The van der Waals surface area contributed by atoms with E-state index in [1.54, 1.807) is 0 Å². The van der Waals surface area contributed by atoms with Gasteiger partial charge in [0, 0.05) is 13.3 Å². The Morgan fingerprint density at radius 3 is 1.73 bits per heavy atom. The van der Waals surface area contributed by atoms with Crippen molar-refractivity contribution in [3.63, 3.8) is 0 Å². The molecule has 0 spiro atoms. The predicted octanol–water partition coefficient (Wildman–Crippen LogP) is -0.468. The van der Waals surface area contributed by atoms with Crippen molar-refractivity contribution < 1.29 is 15.3 Å². The van der Waals surface area contributed by atoms with E-state index >= 15 is 0 Å². The molecule has 2 N–H and O–H groups in total. The summed E-state index contributed by atoms with van der Waals surface area (Å²) in [6.07, 6.45) is -0.506. The molecule has 0 bridgehead atoms. The molecule has 0 heterocycles. The van der Waals surface area contributed by atoms with Gasteiger partial charge in [-0.25, -0.2) is 0 Å². The fourth-order valence-corrected chi connectivity index (χ4v) is 1.10. The van der Waals surface area contributed by atoms with Gasteiger partial charge >= 0.3 is 0 Å². The van der Waals surface area contributed by atoms with Gasteiger partial charge < -0.3 is 25.5 Å². The molecule has 0 radical (unpaired) electrons. The summed E-state index contributed by atoms with van der Waals surface area (Å²) in [5.74, 6) is 0. The highest BCUT2D eigenvalue weighted by molar-refractivity contribution is 7.56. The van der Waals surface area contributed by atoms with Crippen molar-refractivity contribution in [2.45, 2.75) is 6.29 Å². The van der Waals surface area contributed by atoms with E-state index < -0.39 is 19.3 Å². The van der Waals surface area contributed by atoms with Gasteiger partial charge in [-0.3, -0.25) is 0 Å². The molecule has 7 heteroatoms. The van der Waals surface area contributed by atoms with Crippen LogP contribution in [0.15, 0.2) is 0 Å². The van der Waals surface area contributed by atoms with Gasteiger partial charge in [0.15, 0.2) is 6.29 Å². The van der Waals surface area contributed by atoms with Gasteiger partial charge in [-0.05, 0) is 7.92 Å². The predicted molar refractivity (Wildman–Crippen MR) is 43.6 cm³/mol. The minimum absolute atomic E-state index is 0.434. The Kier molecular flexibility index (Phi) is 9.16. The second kappa shape index (κ2) is 7.65. The average molecular weight is 185 g/mol. The van der Waals surface area contributed by atoms with Crippen LogP contribution in [-0.4, -0.2) is 41.1 Å². The zero-order chi connectivity index (χ0) is 9.44. The largest absolute Gasteiger partial charge is 0.365 e. The molecule has 0 saturated heterocycles. The summed E-state index contributed by atoms with van der Waals surface area (Å²) >= 11 is 0. The Morgan fingerprint density at radius 2 is 1.73 bits per heavy atom. The summed E-state index contributed by atoms with van der Waals surface area (Å²) < 4.78 is 0. The Balaban J connectivity index is 0. The van der Waals surface area contributed by atoms with Crippen LogP contribution < -0.4 is 0 Å². The maximum atomic E-state index is 8.30. The molecule has 0 aromatic carbocycles. The molecule has 0 rings (SSSR count). The number of rotatable bonds is 2. The van der Waals surface area contributed by atoms with E-state index in [1.807, 2.05) is 13.3 Å². The number of aliphatic hydroxyl groups is 2. The van der Waals surface area contributed by atoms with Gasteiger partial charge in [0.1, 0.15) is 6.16 Å². The van der Waals surface area contributed by atoms with E-state index in [4.69, 9.17) is 25.5 Å². The van der Waals surface area contributed by atoms with Gasteiger partial charge in [0.2, 0.25) is 0 Å². The summed E-state index contributed by atoms with van der Waals surface area (Å²) in [6.45, 7) is 4.09. The van der Waals surface area contributed by atoms with Crippen molar-refractivity contribution in [2.75, 3.05) is 19.5 Å². The second-order valence-corrected chi connectivity index (χ2v) is 4.94. The van der Waals surface area contributed by atoms with Gasteiger partial charge in [-0.2, -0.15) is 0 Å². The number of hydrogen-bond donors (Lipinski definition) is 2. The molecular formula is C4H12NO5P. The maximum Gasteiger partial charge on any atom is 0.185 e. The SMILES string of the molecule is C[PH+](C)CC(O)O.O=[N+]([O-])[O-]. The molecule has 0 amide bonds. The third kappa shape index (κ3) is 43.2. The Bertz CT molecular complexity index is 96.7. The van der Waals surface area contributed by atoms with E-state index in [9.17, 15) is 0 Å². The van der Waals surface area contributed by atoms with Crippen LogP contribution in [0.3, 0.4) is 0 Å². The minimum atomic E-state index is -1.75. The van der Waals surface area contributed by atoms with Crippen molar-refractivity contribution in [3.05, 3.63) is 15.3 Å². The fraction of sp³-hybridized carbons (Fsp3) is 1.00. The van der Waals surface area contributed by atoms with Crippen LogP contribution in [0.2, 0.25) is 0 Å². The fourth-order valence-electron chi connectivity index (χ4n) is 0.365. The Morgan fingerprint density at radius 1 is 1.45 bits per heavy atom. The summed E-state index contributed by atoms with van der Waals surface area (Å²) in [6, 6.07) is 0. The van der Waals surface area contributed by atoms with Gasteiger partial charge in [0.05, 0.1) is 5.09 Å². The highest BCUT2D eigenvalue weighted by atomic mass is 31.1. The van der Waals surface area contributed by atoms with Crippen LogP contribution in [0.25, 0.3) is 0 Å². The highest BCUT2D eigenvalue weighted by Crippen LogP contribution is 2.23. The van der Waals surface area contributed by atoms with E-state index in [-0.39, 0.29) is 0 Å². The molecule has 0 unspecified atom stereocenters.